The van der Waals surface area contributed by atoms with Gasteiger partial charge in [-0.2, -0.15) is 0 Å². The van der Waals surface area contributed by atoms with Crippen LogP contribution in [0, 0.1) is 5.41 Å². The van der Waals surface area contributed by atoms with Gasteiger partial charge in [0.1, 0.15) is 0 Å². The predicted octanol–water partition coefficient (Wildman–Crippen LogP) is 1.82. The molecule has 0 atom stereocenters. The van der Waals surface area contributed by atoms with Crippen molar-refractivity contribution in [1.82, 2.24) is 9.55 Å². The third-order valence-electron chi connectivity index (χ3n) is 3.16. The van der Waals surface area contributed by atoms with Gasteiger partial charge >= 0.3 is 0 Å². The summed E-state index contributed by atoms with van der Waals surface area (Å²) < 4.78 is 1.78. The molecule has 0 N–H and O–H groups in total. The van der Waals surface area contributed by atoms with Crippen molar-refractivity contribution in [2.45, 2.75) is 39.2 Å². The van der Waals surface area contributed by atoms with Gasteiger partial charge in [0.25, 0.3) is 5.56 Å². The van der Waals surface area contributed by atoms with Crippen LogP contribution in [0.3, 0.4) is 0 Å². The number of nitrogens with zero attached hydrogens (tertiary/aromatic N) is 2. The molecule has 14 heavy (non-hydrogen) atoms. The highest BCUT2D eigenvalue weighted by atomic mass is 16.1. The molecule has 0 radical (unpaired) electrons. The van der Waals surface area contributed by atoms with Gasteiger partial charge in [-0.15, -0.1) is 0 Å². The van der Waals surface area contributed by atoms with Crippen molar-refractivity contribution < 1.29 is 0 Å². The Morgan fingerprint density at radius 2 is 2.21 bits per heavy atom. The fraction of sp³-hybridized carbons (Fsp3) is 0.636. The Bertz CT molecular complexity index is 364. The number of hydrogen-bond donors (Lipinski definition) is 0. The standard InChI is InChI=1S/C11H16N2O/c1-11(4-2-3-5-11)9-13-7-6-12-8-10(13)14/h6-8H,2-5,9H2,1H3. The first kappa shape index (κ1) is 9.44. The smallest absolute Gasteiger partial charge is 0.269 e. The molecular formula is C11H16N2O. The van der Waals surface area contributed by atoms with Gasteiger partial charge in [-0.25, -0.2) is 0 Å². The Morgan fingerprint density at radius 1 is 1.50 bits per heavy atom. The van der Waals surface area contributed by atoms with Gasteiger partial charge in [-0.3, -0.25) is 9.78 Å². The van der Waals surface area contributed by atoms with E-state index in [4.69, 9.17) is 0 Å². The van der Waals surface area contributed by atoms with E-state index in [0.717, 1.165) is 6.54 Å². The summed E-state index contributed by atoms with van der Waals surface area (Å²) in [7, 11) is 0. The van der Waals surface area contributed by atoms with Crippen LogP contribution in [-0.2, 0) is 6.54 Å². The van der Waals surface area contributed by atoms with Crippen LogP contribution in [0.25, 0.3) is 0 Å². The van der Waals surface area contributed by atoms with Gasteiger partial charge in [0, 0.05) is 18.9 Å². The normalized spacial score (nSPS) is 19.8. The van der Waals surface area contributed by atoms with Crippen molar-refractivity contribution in [2.24, 2.45) is 5.41 Å². The average Bonchev–Trinajstić information content (AvgIpc) is 2.57. The molecular weight excluding hydrogens is 176 g/mol. The minimum absolute atomic E-state index is 0.0145. The molecule has 0 saturated heterocycles. The summed E-state index contributed by atoms with van der Waals surface area (Å²) >= 11 is 0. The van der Waals surface area contributed by atoms with E-state index >= 15 is 0 Å². The lowest BCUT2D eigenvalue weighted by Gasteiger charge is -2.23. The summed E-state index contributed by atoms with van der Waals surface area (Å²) in [6.45, 7) is 3.11. The van der Waals surface area contributed by atoms with Crippen LogP contribution >= 0.6 is 0 Å². The van der Waals surface area contributed by atoms with Crippen molar-refractivity contribution in [2.75, 3.05) is 0 Å². The fourth-order valence-corrected chi connectivity index (χ4v) is 2.30. The molecule has 1 aliphatic rings. The zero-order valence-corrected chi connectivity index (χ0v) is 8.57. The van der Waals surface area contributed by atoms with Gasteiger partial charge in [0.15, 0.2) is 0 Å². The number of hydrogen-bond acceptors (Lipinski definition) is 2. The van der Waals surface area contributed by atoms with Gasteiger partial charge in [-0.1, -0.05) is 19.8 Å². The molecule has 1 heterocycles. The maximum atomic E-state index is 11.4. The molecule has 0 spiro atoms. The molecule has 3 nitrogen and oxygen atoms in total. The van der Waals surface area contributed by atoms with E-state index in [-0.39, 0.29) is 5.56 Å². The highest BCUT2D eigenvalue weighted by molar-refractivity contribution is 4.86. The van der Waals surface area contributed by atoms with Crippen molar-refractivity contribution in [3.05, 3.63) is 28.9 Å². The molecule has 0 bridgehead atoms. The average molecular weight is 192 g/mol. The monoisotopic (exact) mass is 192 g/mol. The van der Waals surface area contributed by atoms with E-state index in [1.807, 2.05) is 0 Å². The first-order valence-corrected chi connectivity index (χ1v) is 5.20. The van der Waals surface area contributed by atoms with Gasteiger partial charge < -0.3 is 4.57 Å². The van der Waals surface area contributed by atoms with Crippen molar-refractivity contribution in [1.29, 1.82) is 0 Å². The summed E-state index contributed by atoms with van der Waals surface area (Å²) in [4.78, 5) is 15.3. The van der Waals surface area contributed by atoms with Gasteiger partial charge in [0.05, 0.1) is 6.20 Å². The topological polar surface area (TPSA) is 34.9 Å². The van der Waals surface area contributed by atoms with Crippen LogP contribution in [0.5, 0.6) is 0 Å². The van der Waals surface area contributed by atoms with Crippen LogP contribution in [-0.4, -0.2) is 9.55 Å². The summed E-state index contributed by atoms with van der Waals surface area (Å²) in [5, 5.41) is 0. The van der Waals surface area contributed by atoms with Crippen LogP contribution in [0.1, 0.15) is 32.6 Å². The van der Waals surface area contributed by atoms with Crippen molar-refractivity contribution in [3.8, 4) is 0 Å². The molecule has 0 unspecified atom stereocenters. The molecule has 76 valence electrons. The van der Waals surface area contributed by atoms with Crippen LogP contribution in [0.4, 0.5) is 0 Å². The van der Waals surface area contributed by atoms with E-state index in [1.165, 1.54) is 31.9 Å². The second kappa shape index (κ2) is 3.56. The molecule has 1 fully saturated rings. The molecule has 1 aromatic heterocycles. The van der Waals surface area contributed by atoms with E-state index in [9.17, 15) is 4.79 Å². The summed E-state index contributed by atoms with van der Waals surface area (Å²) in [6.07, 6.45) is 9.93. The molecule has 1 aromatic rings. The summed E-state index contributed by atoms with van der Waals surface area (Å²) in [5.41, 5.74) is 0.339. The Morgan fingerprint density at radius 3 is 2.86 bits per heavy atom. The van der Waals surface area contributed by atoms with Crippen LogP contribution in [0.2, 0.25) is 0 Å². The van der Waals surface area contributed by atoms with Gasteiger partial charge in [0.2, 0.25) is 0 Å². The number of aromatic nitrogens is 2. The van der Waals surface area contributed by atoms with Crippen LogP contribution in [0.15, 0.2) is 23.4 Å². The van der Waals surface area contributed by atoms with Gasteiger partial charge in [-0.05, 0) is 18.3 Å². The largest absolute Gasteiger partial charge is 0.312 e. The van der Waals surface area contributed by atoms with Crippen molar-refractivity contribution >= 4 is 0 Å². The first-order chi connectivity index (χ1) is 6.70. The minimum atomic E-state index is 0.0145. The van der Waals surface area contributed by atoms with Crippen LogP contribution < -0.4 is 5.56 Å². The number of rotatable bonds is 2. The first-order valence-electron chi connectivity index (χ1n) is 5.20. The molecule has 0 aliphatic heterocycles. The van der Waals surface area contributed by atoms with E-state index in [1.54, 1.807) is 17.0 Å². The zero-order chi connectivity index (χ0) is 10.0. The molecule has 0 aromatic carbocycles. The molecule has 2 rings (SSSR count). The lowest BCUT2D eigenvalue weighted by molar-refractivity contribution is 0.277. The second-order valence-corrected chi connectivity index (χ2v) is 4.56. The predicted molar refractivity (Wildman–Crippen MR) is 55.1 cm³/mol. The lowest BCUT2D eigenvalue weighted by atomic mass is 9.89. The lowest BCUT2D eigenvalue weighted by Crippen LogP contribution is -2.27. The Balaban J connectivity index is 2.18. The summed E-state index contributed by atoms with van der Waals surface area (Å²) in [6, 6.07) is 0. The zero-order valence-electron chi connectivity index (χ0n) is 8.57. The van der Waals surface area contributed by atoms with Crippen molar-refractivity contribution in [3.63, 3.8) is 0 Å². The Hall–Kier alpha value is -1.12. The Labute approximate surface area is 83.8 Å². The third-order valence-corrected chi connectivity index (χ3v) is 3.16. The maximum absolute atomic E-state index is 11.4. The molecule has 1 aliphatic carbocycles. The highest BCUT2D eigenvalue weighted by Crippen LogP contribution is 2.38. The molecule has 1 saturated carbocycles. The summed E-state index contributed by atoms with van der Waals surface area (Å²) in [5.74, 6) is 0. The quantitative estimate of drug-likeness (QED) is 0.716. The molecule has 3 heteroatoms. The third kappa shape index (κ3) is 1.86. The molecule has 0 amide bonds. The SMILES string of the molecule is CC1(Cn2ccncc2=O)CCCC1. The fourth-order valence-electron chi connectivity index (χ4n) is 2.30. The van der Waals surface area contributed by atoms with E-state index in [2.05, 4.69) is 11.9 Å². The Kier molecular flexibility index (Phi) is 2.40. The maximum Gasteiger partial charge on any atom is 0.269 e. The van der Waals surface area contributed by atoms with E-state index in [0.29, 0.717) is 5.41 Å². The second-order valence-electron chi connectivity index (χ2n) is 4.56. The minimum Gasteiger partial charge on any atom is -0.312 e. The van der Waals surface area contributed by atoms with E-state index < -0.39 is 0 Å². The highest BCUT2D eigenvalue weighted by Gasteiger charge is 2.28.